The number of aryl methyl sites for hydroxylation is 1. The van der Waals surface area contributed by atoms with E-state index in [1.807, 2.05) is 62.4 Å². The van der Waals surface area contributed by atoms with Crippen LogP contribution in [-0.2, 0) is 4.57 Å². The minimum absolute atomic E-state index is 0.571. The highest BCUT2D eigenvalue weighted by Gasteiger charge is 2.21. The number of nitrogens with two attached hydrogens (primary N) is 1. The summed E-state index contributed by atoms with van der Waals surface area (Å²) >= 11 is 1.19. The highest BCUT2D eigenvalue weighted by atomic mass is 32.7. The van der Waals surface area contributed by atoms with Gasteiger partial charge in [0.05, 0.1) is 0 Å². The molecular weight excluding hydrogens is 301 g/mol. The molecule has 0 saturated heterocycles. The van der Waals surface area contributed by atoms with E-state index in [0.717, 1.165) is 28.9 Å². The quantitative estimate of drug-likeness (QED) is 0.738. The minimum atomic E-state index is -3.18. The number of rotatable bonds is 6. The number of hydrogen-bond donors (Lipinski definition) is 1. The molecule has 0 heterocycles. The van der Waals surface area contributed by atoms with Gasteiger partial charge in [-0.05, 0) is 41.9 Å². The van der Waals surface area contributed by atoms with E-state index in [2.05, 4.69) is 0 Å². The Kier molecular flexibility index (Phi) is 5.51. The molecule has 0 fully saturated rings. The van der Waals surface area contributed by atoms with Gasteiger partial charge in [-0.2, -0.15) is 0 Å². The van der Waals surface area contributed by atoms with Crippen LogP contribution in [0, 0.1) is 6.92 Å². The lowest BCUT2D eigenvalue weighted by atomic mass is 10.00. The van der Waals surface area contributed by atoms with E-state index >= 15 is 0 Å². The van der Waals surface area contributed by atoms with Gasteiger partial charge >= 0.3 is 6.72 Å². The van der Waals surface area contributed by atoms with Gasteiger partial charge in [0.1, 0.15) is 5.75 Å². The molecule has 21 heavy (non-hydrogen) atoms. The second kappa shape index (κ2) is 7.17. The van der Waals surface area contributed by atoms with Crippen LogP contribution >= 0.6 is 18.1 Å². The molecule has 112 valence electrons. The largest absolute Gasteiger partial charge is 0.425 e. The molecule has 2 aromatic rings. The summed E-state index contributed by atoms with van der Waals surface area (Å²) in [6.45, 7) is 0.887. The van der Waals surface area contributed by atoms with Crippen LogP contribution in [0.25, 0.3) is 11.1 Å². The SMILES string of the molecule is CCCSP(N)(=O)Oc1ccccc1-c1ccccc1C. The molecule has 0 aliphatic rings. The monoisotopic (exact) mass is 321 g/mol. The Morgan fingerprint density at radius 3 is 2.38 bits per heavy atom. The van der Waals surface area contributed by atoms with Crippen molar-refractivity contribution in [1.82, 2.24) is 0 Å². The first-order chi connectivity index (χ1) is 10.0. The molecule has 0 aromatic heterocycles. The molecule has 2 aromatic carbocycles. The van der Waals surface area contributed by atoms with Gasteiger partial charge in [0.15, 0.2) is 0 Å². The van der Waals surface area contributed by atoms with E-state index in [1.165, 1.54) is 11.4 Å². The van der Waals surface area contributed by atoms with Crippen molar-refractivity contribution >= 4 is 18.1 Å². The lowest BCUT2D eigenvalue weighted by Crippen LogP contribution is -2.01. The topological polar surface area (TPSA) is 52.3 Å². The Morgan fingerprint density at radius 2 is 1.71 bits per heavy atom. The van der Waals surface area contributed by atoms with E-state index < -0.39 is 6.72 Å². The van der Waals surface area contributed by atoms with E-state index in [0.29, 0.717) is 5.75 Å². The fourth-order valence-corrected chi connectivity index (χ4v) is 4.66. The predicted octanol–water partition coefficient (Wildman–Crippen LogP) is 5.25. The van der Waals surface area contributed by atoms with Gasteiger partial charge in [0.25, 0.3) is 0 Å². The highest BCUT2D eigenvalue weighted by Crippen LogP contribution is 2.53. The molecule has 2 N–H and O–H groups in total. The summed E-state index contributed by atoms with van der Waals surface area (Å²) in [5, 5.41) is 0. The van der Waals surface area contributed by atoms with Gasteiger partial charge in [-0.3, -0.25) is 0 Å². The lowest BCUT2D eigenvalue weighted by Gasteiger charge is -2.17. The van der Waals surface area contributed by atoms with Crippen molar-refractivity contribution in [2.24, 2.45) is 5.50 Å². The molecule has 0 radical (unpaired) electrons. The van der Waals surface area contributed by atoms with Crippen LogP contribution in [0.4, 0.5) is 0 Å². The first kappa shape index (κ1) is 16.2. The van der Waals surface area contributed by atoms with Gasteiger partial charge in [-0.25, -0.2) is 10.1 Å². The zero-order valence-electron chi connectivity index (χ0n) is 12.3. The third kappa shape index (κ3) is 4.37. The summed E-state index contributed by atoms with van der Waals surface area (Å²) in [7, 11) is 0. The molecule has 0 spiro atoms. The first-order valence-electron chi connectivity index (χ1n) is 6.91. The summed E-state index contributed by atoms with van der Waals surface area (Å²) in [5.74, 6) is 1.29. The van der Waals surface area contributed by atoms with Crippen molar-refractivity contribution in [3.05, 3.63) is 54.1 Å². The Morgan fingerprint density at radius 1 is 1.10 bits per heavy atom. The molecule has 5 heteroatoms. The molecule has 0 saturated carbocycles. The minimum Gasteiger partial charge on any atom is -0.425 e. The fourth-order valence-electron chi connectivity index (χ4n) is 2.03. The second-order valence-corrected chi connectivity index (χ2v) is 9.01. The Labute approximate surface area is 130 Å². The van der Waals surface area contributed by atoms with Gasteiger partial charge < -0.3 is 4.52 Å². The van der Waals surface area contributed by atoms with Gasteiger partial charge in [-0.15, -0.1) is 0 Å². The number of para-hydroxylation sites is 1. The molecule has 0 amide bonds. The Hall–Kier alpha value is -1.22. The first-order valence-corrected chi connectivity index (χ1v) is 10.2. The van der Waals surface area contributed by atoms with E-state index in [9.17, 15) is 4.57 Å². The van der Waals surface area contributed by atoms with Crippen molar-refractivity contribution in [3.8, 4) is 16.9 Å². The maximum absolute atomic E-state index is 12.3. The van der Waals surface area contributed by atoms with Crippen molar-refractivity contribution in [3.63, 3.8) is 0 Å². The second-order valence-electron chi connectivity index (χ2n) is 4.78. The van der Waals surface area contributed by atoms with Crippen molar-refractivity contribution in [2.75, 3.05) is 5.75 Å². The summed E-state index contributed by atoms with van der Waals surface area (Å²) in [6.07, 6.45) is 0.911. The Balaban J connectivity index is 2.34. The van der Waals surface area contributed by atoms with Crippen LogP contribution < -0.4 is 10.0 Å². The number of benzene rings is 2. The highest BCUT2D eigenvalue weighted by molar-refractivity contribution is 8.56. The summed E-state index contributed by atoms with van der Waals surface area (Å²) in [6, 6.07) is 15.6. The van der Waals surface area contributed by atoms with E-state index in [-0.39, 0.29) is 0 Å². The molecule has 0 aliphatic carbocycles. The molecule has 0 bridgehead atoms. The molecule has 0 aliphatic heterocycles. The molecule has 3 nitrogen and oxygen atoms in total. The standard InChI is InChI=1S/C16H20NO2PS/c1-3-12-21-20(17,18)19-16-11-7-6-10-15(16)14-9-5-4-8-13(14)2/h4-11H,3,12H2,1-2H3,(H2,17,18). The summed E-state index contributed by atoms with van der Waals surface area (Å²) in [4.78, 5) is 0. The van der Waals surface area contributed by atoms with Crippen molar-refractivity contribution in [2.45, 2.75) is 20.3 Å². The van der Waals surface area contributed by atoms with Gasteiger partial charge in [0.2, 0.25) is 0 Å². The summed E-state index contributed by atoms with van der Waals surface area (Å²) in [5.41, 5.74) is 8.94. The zero-order chi connectivity index (χ0) is 15.3. The third-order valence-corrected chi connectivity index (χ3v) is 6.28. The number of hydrogen-bond acceptors (Lipinski definition) is 3. The Bertz CT molecular complexity index is 660. The molecule has 1 unspecified atom stereocenters. The van der Waals surface area contributed by atoms with Crippen LogP contribution in [0.2, 0.25) is 0 Å². The van der Waals surface area contributed by atoms with Crippen molar-refractivity contribution in [1.29, 1.82) is 0 Å². The molecule has 2 rings (SSSR count). The molecular formula is C16H20NO2PS. The van der Waals surface area contributed by atoms with Crippen LogP contribution in [0.5, 0.6) is 5.75 Å². The maximum atomic E-state index is 12.3. The average Bonchev–Trinajstić information content (AvgIpc) is 2.46. The zero-order valence-corrected chi connectivity index (χ0v) is 14.0. The van der Waals surface area contributed by atoms with Crippen LogP contribution in [0.15, 0.2) is 48.5 Å². The predicted molar refractivity (Wildman–Crippen MR) is 91.8 cm³/mol. The van der Waals surface area contributed by atoms with E-state index in [4.69, 9.17) is 10.0 Å². The maximum Gasteiger partial charge on any atom is 0.371 e. The van der Waals surface area contributed by atoms with E-state index in [1.54, 1.807) is 0 Å². The van der Waals surface area contributed by atoms with Gasteiger partial charge in [0, 0.05) is 11.3 Å². The average molecular weight is 321 g/mol. The fraction of sp³-hybridized carbons (Fsp3) is 0.250. The van der Waals surface area contributed by atoms with Crippen molar-refractivity contribution < 1.29 is 9.09 Å². The normalized spacial score (nSPS) is 13.7. The third-order valence-electron chi connectivity index (χ3n) is 3.02. The molecule has 1 atom stereocenters. The smallest absolute Gasteiger partial charge is 0.371 e. The van der Waals surface area contributed by atoms with Gasteiger partial charge in [-0.1, -0.05) is 49.4 Å². The lowest BCUT2D eigenvalue weighted by molar-refractivity contribution is 0.501. The van der Waals surface area contributed by atoms with Crippen LogP contribution in [-0.4, -0.2) is 5.75 Å². The summed E-state index contributed by atoms with van der Waals surface area (Å²) < 4.78 is 18.0. The van der Waals surface area contributed by atoms with Crippen LogP contribution in [0.3, 0.4) is 0 Å². The van der Waals surface area contributed by atoms with Crippen LogP contribution in [0.1, 0.15) is 18.9 Å².